The second kappa shape index (κ2) is 6.47. The number of carbonyl (C=O) groups excluding carboxylic acids is 1. The molecule has 4 nitrogen and oxygen atoms in total. The summed E-state index contributed by atoms with van der Waals surface area (Å²) >= 11 is 1.81. The van der Waals surface area contributed by atoms with Crippen molar-refractivity contribution in [1.82, 2.24) is 5.32 Å². The fraction of sp³-hybridized carbons (Fsp3) is 0.909. The van der Waals surface area contributed by atoms with Crippen LogP contribution in [0.1, 0.15) is 19.8 Å². The summed E-state index contributed by atoms with van der Waals surface area (Å²) < 4.78 is 4.91. The number of hydrogen-bond donors (Lipinski definition) is 2. The Balaban J connectivity index is 2.24. The van der Waals surface area contributed by atoms with Crippen LogP contribution in [0.3, 0.4) is 0 Å². The highest BCUT2D eigenvalue weighted by molar-refractivity contribution is 7.99. The maximum Gasteiger partial charge on any atom is 0.224 e. The van der Waals surface area contributed by atoms with E-state index in [4.69, 9.17) is 4.74 Å². The number of rotatable bonds is 6. The smallest absolute Gasteiger partial charge is 0.224 e. The van der Waals surface area contributed by atoms with Crippen molar-refractivity contribution >= 4 is 17.7 Å². The van der Waals surface area contributed by atoms with Crippen LogP contribution >= 0.6 is 11.8 Å². The fourth-order valence-electron chi connectivity index (χ4n) is 1.57. The molecule has 94 valence electrons. The number of nitrogens with one attached hydrogen (secondary N) is 1. The van der Waals surface area contributed by atoms with Crippen LogP contribution < -0.4 is 5.32 Å². The number of methoxy groups -OCH3 is 1. The van der Waals surface area contributed by atoms with Crippen molar-refractivity contribution in [3.63, 3.8) is 0 Å². The third kappa shape index (κ3) is 4.72. The van der Waals surface area contributed by atoms with Gasteiger partial charge in [0.2, 0.25) is 5.91 Å². The molecule has 0 bridgehead atoms. The van der Waals surface area contributed by atoms with E-state index in [1.165, 1.54) is 0 Å². The van der Waals surface area contributed by atoms with Gasteiger partial charge in [-0.25, -0.2) is 0 Å². The minimum absolute atomic E-state index is 0.0719. The molecule has 0 spiro atoms. The minimum atomic E-state index is -0.878. The maximum absolute atomic E-state index is 11.7. The predicted molar refractivity (Wildman–Crippen MR) is 65.6 cm³/mol. The molecule has 0 aliphatic carbocycles. The van der Waals surface area contributed by atoms with Crippen LogP contribution in [0.5, 0.6) is 0 Å². The quantitative estimate of drug-likeness (QED) is 0.723. The van der Waals surface area contributed by atoms with E-state index in [1.54, 1.807) is 14.0 Å². The molecule has 2 atom stereocenters. The van der Waals surface area contributed by atoms with Crippen LogP contribution in [-0.2, 0) is 9.53 Å². The Labute approximate surface area is 101 Å². The molecule has 2 unspecified atom stereocenters. The van der Waals surface area contributed by atoms with Crippen molar-refractivity contribution in [2.75, 3.05) is 31.8 Å². The van der Waals surface area contributed by atoms with Gasteiger partial charge in [-0.05, 0) is 19.1 Å². The largest absolute Gasteiger partial charge is 0.388 e. The Morgan fingerprint density at radius 3 is 3.00 bits per heavy atom. The molecule has 0 aromatic rings. The molecule has 1 fully saturated rings. The second-order valence-corrected chi connectivity index (χ2v) is 5.67. The Morgan fingerprint density at radius 2 is 2.44 bits per heavy atom. The van der Waals surface area contributed by atoms with E-state index in [0.717, 1.165) is 17.9 Å². The summed E-state index contributed by atoms with van der Waals surface area (Å²) in [5.74, 6) is 2.18. The molecule has 1 saturated heterocycles. The molecular weight excluding hydrogens is 226 g/mol. The maximum atomic E-state index is 11.7. The highest BCUT2D eigenvalue weighted by Crippen LogP contribution is 2.23. The molecule has 16 heavy (non-hydrogen) atoms. The minimum Gasteiger partial charge on any atom is -0.388 e. The average molecular weight is 247 g/mol. The van der Waals surface area contributed by atoms with Crippen molar-refractivity contribution in [2.24, 2.45) is 5.92 Å². The number of amides is 1. The second-order valence-electron chi connectivity index (χ2n) is 4.52. The van der Waals surface area contributed by atoms with Crippen molar-refractivity contribution in [3.05, 3.63) is 0 Å². The van der Waals surface area contributed by atoms with Gasteiger partial charge < -0.3 is 15.2 Å². The van der Waals surface area contributed by atoms with E-state index < -0.39 is 5.60 Å². The molecule has 0 aromatic carbocycles. The Bertz CT molecular complexity index is 227. The van der Waals surface area contributed by atoms with Gasteiger partial charge in [0.25, 0.3) is 0 Å². The van der Waals surface area contributed by atoms with Crippen LogP contribution in [0, 0.1) is 5.92 Å². The van der Waals surface area contributed by atoms with Gasteiger partial charge in [0.15, 0.2) is 0 Å². The molecular formula is C11H21NO3S. The van der Waals surface area contributed by atoms with Crippen molar-refractivity contribution in [2.45, 2.75) is 25.4 Å². The summed E-state index contributed by atoms with van der Waals surface area (Å²) in [6.45, 7) is 2.52. The van der Waals surface area contributed by atoms with Gasteiger partial charge in [-0.2, -0.15) is 11.8 Å². The lowest BCUT2D eigenvalue weighted by Crippen LogP contribution is -2.43. The normalized spacial score (nSPS) is 24.1. The molecule has 1 rings (SSSR count). The first kappa shape index (κ1) is 13.8. The molecule has 5 heteroatoms. The SMILES string of the molecule is COCCC(C)(O)CNC(=O)C1CCSC1. The van der Waals surface area contributed by atoms with Crippen LogP contribution in [0.2, 0.25) is 0 Å². The van der Waals surface area contributed by atoms with E-state index in [0.29, 0.717) is 19.6 Å². The first-order valence-corrected chi connectivity index (χ1v) is 6.77. The van der Waals surface area contributed by atoms with Gasteiger partial charge in [-0.1, -0.05) is 0 Å². The molecule has 1 aliphatic heterocycles. The lowest BCUT2D eigenvalue weighted by molar-refractivity contribution is -0.125. The lowest BCUT2D eigenvalue weighted by Gasteiger charge is -2.24. The summed E-state index contributed by atoms with van der Waals surface area (Å²) in [6, 6.07) is 0. The summed E-state index contributed by atoms with van der Waals surface area (Å²) in [5.41, 5.74) is -0.878. The van der Waals surface area contributed by atoms with E-state index >= 15 is 0 Å². The Hall–Kier alpha value is -0.260. The van der Waals surface area contributed by atoms with Gasteiger partial charge in [0.05, 0.1) is 5.60 Å². The van der Waals surface area contributed by atoms with E-state index in [1.807, 2.05) is 11.8 Å². The molecule has 1 amide bonds. The standard InChI is InChI=1S/C11H21NO3S/c1-11(14,4-5-15-2)8-12-10(13)9-3-6-16-7-9/h9,14H,3-8H2,1-2H3,(H,12,13). The van der Waals surface area contributed by atoms with Crippen molar-refractivity contribution in [1.29, 1.82) is 0 Å². The van der Waals surface area contributed by atoms with Crippen molar-refractivity contribution in [3.8, 4) is 0 Å². The summed E-state index contributed by atoms with van der Waals surface area (Å²) in [7, 11) is 1.60. The van der Waals surface area contributed by atoms with E-state index in [2.05, 4.69) is 5.32 Å². The molecule has 1 heterocycles. The Kier molecular flexibility index (Phi) is 5.58. The first-order valence-electron chi connectivity index (χ1n) is 5.62. The van der Waals surface area contributed by atoms with Gasteiger partial charge in [0, 0.05) is 38.4 Å². The third-order valence-corrected chi connectivity index (χ3v) is 3.95. The fourth-order valence-corrected chi connectivity index (χ4v) is 2.79. The third-order valence-electron chi connectivity index (χ3n) is 2.79. The molecule has 0 saturated carbocycles. The van der Waals surface area contributed by atoms with Crippen LogP contribution in [0.4, 0.5) is 0 Å². The first-order chi connectivity index (χ1) is 7.55. The van der Waals surface area contributed by atoms with Crippen LogP contribution in [0.15, 0.2) is 0 Å². The number of carbonyl (C=O) groups is 1. The number of hydrogen-bond acceptors (Lipinski definition) is 4. The predicted octanol–water partition coefficient (Wildman–Crippen LogP) is 0.643. The summed E-state index contributed by atoms with van der Waals surface area (Å²) in [5, 5.41) is 12.8. The van der Waals surface area contributed by atoms with Crippen molar-refractivity contribution < 1.29 is 14.6 Å². The highest BCUT2D eigenvalue weighted by atomic mass is 32.2. The zero-order chi connectivity index (χ0) is 12.0. The van der Waals surface area contributed by atoms with Gasteiger partial charge in [-0.3, -0.25) is 4.79 Å². The van der Waals surface area contributed by atoms with Gasteiger partial charge >= 0.3 is 0 Å². The average Bonchev–Trinajstić information content (AvgIpc) is 2.77. The van der Waals surface area contributed by atoms with E-state index in [9.17, 15) is 9.90 Å². The zero-order valence-electron chi connectivity index (χ0n) is 9.99. The number of thioether (sulfide) groups is 1. The topological polar surface area (TPSA) is 58.6 Å². The molecule has 2 N–H and O–H groups in total. The monoisotopic (exact) mass is 247 g/mol. The summed E-state index contributed by atoms with van der Waals surface area (Å²) in [6.07, 6.45) is 1.49. The number of ether oxygens (including phenoxy) is 1. The van der Waals surface area contributed by atoms with E-state index in [-0.39, 0.29) is 11.8 Å². The van der Waals surface area contributed by atoms with Crippen LogP contribution in [-0.4, -0.2) is 48.4 Å². The lowest BCUT2D eigenvalue weighted by atomic mass is 10.0. The Morgan fingerprint density at radius 1 is 1.69 bits per heavy atom. The number of aliphatic hydroxyl groups is 1. The molecule has 0 radical (unpaired) electrons. The van der Waals surface area contributed by atoms with Gasteiger partial charge in [0.1, 0.15) is 0 Å². The van der Waals surface area contributed by atoms with Gasteiger partial charge in [-0.15, -0.1) is 0 Å². The highest BCUT2D eigenvalue weighted by Gasteiger charge is 2.26. The summed E-state index contributed by atoms with van der Waals surface area (Å²) in [4.78, 5) is 11.7. The molecule has 0 aromatic heterocycles. The zero-order valence-corrected chi connectivity index (χ0v) is 10.8. The van der Waals surface area contributed by atoms with Crippen LogP contribution in [0.25, 0.3) is 0 Å². The molecule has 1 aliphatic rings.